The van der Waals surface area contributed by atoms with Crippen LogP contribution in [0.25, 0.3) is 0 Å². The van der Waals surface area contributed by atoms with E-state index in [1.54, 1.807) is 0 Å². The number of nitrogens with zero attached hydrogens (tertiary/aromatic N) is 1. The maximum Gasteiger partial charge on any atom is 0.338 e. The summed E-state index contributed by atoms with van der Waals surface area (Å²) in [6, 6.07) is 3.18. The minimum absolute atomic E-state index is 0.000534. The highest BCUT2D eigenvalue weighted by Crippen LogP contribution is 2.28. The zero-order valence-corrected chi connectivity index (χ0v) is 18.6. The quantitative estimate of drug-likeness (QED) is 0.614. The first kappa shape index (κ1) is 23.5. The number of ether oxygens (including phenoxy) is 1. The molecule has 0 unspecified atom stereocenters. The topological polar surface area (TPSA) is 122 Å². The van der Waals surface area contributed by atoms with Crippen molar-refractivity contribution in [2.75, 3.05) is 19.7 Å². The first-order chi connectivity index (χ1) is 14.8. The number of urea groups is 1. The summed E-state index contributed by atoms with van der Waals surface area (Å²) in [5, 5.41) is 4.86. The molecule has 0 atom stereocenters. The van der Waals surface area contributed by atoms with Crippen molar-refractivity contribution < 1.29 is 27.5 Å². The van der Waals surface area contributed by atoms with E-state index in [0.29, 0.717) is 13.1 Å². The van der Waals surface area contributed by atoms with Crippen LogP contribution in [0.1, 0.15) is 55.3 Å². The summed E-state index contributed by atoms with van der Waals surface area (Å²) >= 11 is 6.06. The molecule has 1 saturated carbocycles. The number of carbonyl (C=O) groups is 3. The zero-order chi connectivity index (χ0) is 22.4. The van der Waals surface area contributed by atoms with Gasteiger partial charge in [-0.15, -0.1) is 0 Å². The molecule has 1 heterocycles. The van der Waals surface area contributed by atoms with Gasteiger partial charge in [0.05, 0.1) is 10.6 Å². The molecule has 11 heteroatoms. The summed E-state index contributed by atoms with van der Waals surface area (Å²) < 4.78 is 31.8. The summed E-state index contributed by atoms with van der Waals surface area (Å²) in [7, 11) is -3.83. The van der Waals surface area contributed by atoms with Gasteiger partial charge in [0.2, 0.25) is 10.0 Å². The Balaban J connectivity index is 1.55. The van der Waals surface area contributed by atoms with Gasteiger partial charge in [-0.05, 0) is 43.9 Å². The molecule has 0 radical (unpaired) electrons. The lowest BCUT2D eigenvalue weighted by Crippen LogP contribution is -2.46. The Morgan fingerprint density at radius 3 is 2.42 bits per heavy atom. The normalized spacial score (nSPS) is 17.8. The van der Waals surface area contributed by atoms with Crippen LogP contribution in [0.15, 0.2) is 23.1 Å². The van der Waals surface area contributed by atoms with E-state index in [4.69, 9.17) is 16.3 Å². The smallest absolute Gasteiger partial charge is 0.338 e. The van der Waals surface area contributed by atoms with Gasteiger partial charge in [-0.25, -0.2) is 18.0 Å². The molecule has 0 spiro atoms. The number of carbonyl (C=O) groups excluding carboxylic acids is 3. The van der Waals surface area contributed by atoms with Crippen LogP contribution in [0, 0.1) is 0 Å². The first-order valence-electron chi connectivity index (χ1n) is 10.3. The summed E-state index contributed by atoms with van der Waals surface area (Å²) in [4.78, 5) is 35.9. The lowest BCUT2D eigenvalue weighted by molar-refractivity contribution is -0.123. The molecule has 0 bridgehead atoms. The Morgan fingerprint density at radius 1 is 1.06 bits per heavy atom. The molecule has 1 saturated heterocycles. The average Bonchev–Trinajstić information content (AvgIpc) is 3.29. The Morgan fingerprint density at radius 2 is 1.74 bits per heavy atom. The number of halogens is 1. The number of nitrogens with one attached hydrogen (secondary N) is 2. The third kappa shape index (κ3) is 6.18. The predicted octanol–water partition coefficient (Wildman–Crippen LogP) is 2.44. The maximum atomic E-state index is 12.8. The molecule has 0 aromatic heterocycles. The number of rotatable bonds is 6. The number of hydrogen-bond donors (Lipinski definition) is 2. The Hall–Kier alpha value is -2.17. The Bertz CT molecular complexity index is 940. The second-order valence-corrected chi connectivity index (χ2v) is 10.0. The molecular weight excluding hydrogens is 446 g/mol. The van der Waals surface area contributed by atoms with Gasteiger partial charge in [-0.3, -0.25) is 10.1 Å². The van der Waals surface area contributed by atoms with Crippen molar-refractivity contribution in [3.05, 3.63) is 28.8 Å². The minimum Gasteiger partial charge on any atom is -0.452 e. The number of sulfonamides is 1. The third-order valence-electron chi connectivity index (χ3n) is 5.38. The monoisotopic (exact) mass is 471 g/mol. The highest BCUT2D eigenvalue weighted by atomic mass is 35.5. The van der Waals surface area contributed by atoms with E-state index in [1.165, 1.54) is 16.4 Å². The first-order valence-corrected chi connectivity index (χ1v) is 12.2. The number of imide groups is 1. The SMILES string of the molecule is O=C(COC(=O)c1ccc(Cl)c(S(=O)(=O)N2CCCC2)c1)NC(=O)NC1CCCCC1. The van der Waals surface area contributed by atoms with Crippen LogP contribution in [-0.2, 0) is 19.6 Å². The van der Waals surface area contributed by atoms with Gasteiger partial charge in [0, 0.05) is 19.1 Å². The molecule has 1 aromatic carbocycles. The number of esters is 1. The van der Waals surface area contributed by atoms with Crippen molar-refractivity contribution in [1.29, 1.82) is 0 Å². The van der Waals surface area contributed by atoms with E-state index in [2.05, 4.69) is 10.6 Å². The molecule has 2 aliphatic rings. The van der Waals surface area contributed by atoms with E-state index < -0.39 is 34.5 Å². The lowest BCUT2D eigenvalue weighted by atomic mass is 9.96. The largest absolute Gasteiger partial charge is 0.452 e. The van der Waals surface area contributed by atoms with Crippen LogP contribution in [0.4, 0.5) is 4.79 Å². The molecule has 9 nitrogen and oxygen atoms in total. The molecule has 3 amide bonds. The average molecular weight is 472 g/mol. The van der Waals surface area contributed by atoms with Gasteiger partial charge in [0.15, 0.2) is 6.61 Å². The summed E-state index contributed by atoms with van der Waals surface area (Å²) in [6.07, 6.45) is 6.48. The fraction of sp³-hybridized carbons (Fsp3) is 0.550. The van der Waals surface area contributed by atoms with Crippen molar-refractivity contribution in [2.24, 2.45) is 0 Å². The molecule has 2 N–H and O–H groups in total. The van der Waals surface area contributed by atoms with E-state index in [-0.39, 0.29) is 21.5 Å². The highest BCUT2D eigenvalue weighted by Gasteiger charge is 2.30. The predicted molar refractivity (Wildman–Crippen MR) is 113 cm³/mol. The van der Waals surface area contributed by atoms with Crippen LogP contribution in [-0.4, -0.2) is 56.4 Å². The number of hydrogen-bond acceptors (Lipinski definition) is 6. The summed E-state index contributed by atoms with van der Waals surface area (Å²) in [5.74, 6) is -1.67. The van der Waals surface area contributed by atoms with Crippen molar-refractivity contribution >= 4 is 39.5 Å². The van der Waals surface area contributed by atoms with Crippen LogP contribution < -0.4 is 10.6 Å². The summed E-state index contributed by atoms with van der Waals surface area (Å²) in [5.41, 5.74) is -0.0540. The minimum atomic E-state index is -3.83. The number of amides is 3. The highest BCUT2D eigenvalue weighted by molar-refractivity contribution is 7.89. The zero-order valence-electron chi connectivity index (χ0n) is 17.1. The Kier molecular flexibility index (Phi) is 7.90. The van der Waals surface area contributed by atoms with Crippen LogP contribution >= 0.6 is 11.6 Å². The van der Waals surface area contributed by atoms with Gasteiger partial charge in [0.25, 0.3) is 5.91 Å². The van der Waals surface area contributed by atoms with Crippen LogP contribution in [0.5, 0.6) is 0 Å². The van der Waals surface area contributed by atoms with Crippen molar-refractivity contribution in [2.45, 2.75) is 55.9 Å². The molecule has 3 rings (SSSR count). The maximum absolute atomic E-state index is 12.8. The van der Waals surface area contributed by atoms with Gasteiger partial charge in [0.1, 0.15) is 4.90 Å². The number of benzene rings is 1. The van der Waals surface area contributed by atoms with Crippen molar-refractivity contribution in [3.63, 3.8) is 0 Å². The molecule has 1 aliphatic carbocycles. The van der Waals surface area contributed by atoms with E-state index >= 15 is 0 Å². The van der Waals surface area contributed by atoms with E-state index in [9.17, 15) is 22.8 Å². The van der Waals surface area contributed by atoms with Crippen molar-refractivity contribution in [1.82, 2.24) is 14.9 Å². The van der Waals surface area contributed by atoms with E-state index in [1.807, 2.05) is 0 Å². The van der Waals surface area contributed by atoms with Crippen LogP contribution in [0.3, 0.4) is 0 Å². The summed E-state index contributed by atoms with van der Waals surface area (Å²) in [6.45, 7) is 0.126. The molecule has 1 aliphatic heterocycles. The molecule has 31 heavy (non-hydrogen) atoms. The fourth-order valence-corrected chi connectivity index (χ4v) is 5.76. The second-order valence-electron chi connectivity index (χ2n) is 7.69. The van der Waals surface area contributed by atoms with E-state index in [0.717, 1.165) is 51.0 Å². The molecular formula is C20H26ClN3O6S. The standard InChI is InChI=1S/C20H26ClN3O6S/c21-16-9-8-14(12-17(16)31(28,29)24-10-4-5-11-24)19(26)30-13-18(25)23-20(27)22-15-6-2-1-3-7-15/h8-9,12,15H,1-7,10-11,13H2,(H2,22,23,25,27). The molecule has 2 fully saturated rings. The van der Waals surface area contributed by atoms with Gasteiger partial charge in [-0.1, -0.05) is 30.9 Å². The van der Waals surface area contributed by atoms with Crippen LogP contribution in [0.2, 0.25) is 5.02 Å². The van der Waals surface area contributed by atoms with Gasteiger partial charge < -0.3 is 10.1 Å². The molecule has 1 aromatic rings. The third-order valence-corrected chi connectivity index (χ3v) is 7.76. The fourth-order valence-electron chi connectivity index (χ4n) is 3.74. The van der Waals surface area contributed by atoms with Gasteiger partial charge >= 0.3 is 12.0 Å². The van der Waals surface area contributed by atoms with Gasteiger partial charge in [-0.2, -0.15) is 4.31 Å². The van der Waals surface area contributed by atoms with Crippen molar-refractivity contribution in [3.8, 4) is 0 Å². The second kappa shape index (κ2) is 10.4. The molecule has 170 valence electrons. The Labute approximate surface area is 186 Å². The lowest BCUT2D eigenvalue weighted by Gasteiger charge is -2.22.